The van der Waals surface area contributed by atoms with Crippen LogP contribution in [0, 0.1) is 18.6 Å². The Bertz CT molecular complexity index is 632. The van der Waals surface area contributed by atoms with Crippen LogP contribution < -0.4 is 5.32 Å². The van der Waals surface area contributed by atoms with E-state index in [0.29, 0.717) is 28.8 Å². The van der Waals surface area contributed by atoms with Crippen molar-refractivity contribution in [3.05, 3.63) is 46.4 Å². The average molecular weight is 298 g/mol. The molecular weight excluding hydrogens is 284 g/mol. The first-order valence-electron chi connectivity index (χ1n) is 6.27. The highest BCUT2D eigenvalue weighted by Gasteiger charge is 2.13. The molecule has 2 aromatic rings. The number of nitrogens with zero attached hydrogens (tertiary/aromatic N) is 2. The molecular formula is C14H14ClF2N3. The summed E-state index contributed by atoms with van der Waals surface area (Å²) in [6, 6.07) is 3.92. The second-order valence-electron chi connectivity index (χ2n) is 4.38. The van der Waals surface area contributed by atoms with E-state index in [2.05, 4.69) is 15.3 Å². The number of hydrogen-bond donors (Lipinski definition) is 1. The first-order chi connectivity index (χ1) is 9.52. The fraction of sp³-hybridized carbons (Fsp3) is 0.286. The highest BCUT2D eigenvalue weighted by Crippen LogP contribution is 2.26. The average Bonchev–Trinajstić information content (AvgIpc) is 2.41. The van der Waals surface area contributed by atoms with Crippen LogP contribution >= 0.6 is 11.6 Å². The van der Waals surface area contributed by atoms with E-state index in [1.54, 1.807) is 6.92 Å². The maximum atomic E-state index is 13.7. The van der Waals surface area contributed by atoms with Gasteiger partial charge >= 0.3 is 0 Å². The summed E-state index contributed by atoms with van der Waals surface area (Å²) in [6.45, 7) is 3.72. The Morgan fingerprint density at radius 3 is 2.70 bits per heavy atom. The van der Waals surface area contributed by atoms with Gasteiger partial charge in [-0.25, -0.2) is 18.7 Å². The molecule has 106 valence electrons. The second kappa shape index (κ2) is 6.13. The van der Waals surface area contributed by atoms with Crippen LogP contribution in [-0.4, -0.2) is 9.97 Å². The van der Waals surface area contributed by atoms with Crippen molar-refractivity contribution in [2.24, 2.45) is 0 Å². The molecule has 0 radical (unpaired) electrons. The van der Waals surface area contributed by atoms with E-state index in [-0.39, 0.29) is 5.69 Å². The van der Waals surface area contributed by atoms with Gasteiger partial charge in [0.25, 0.3) is 0 Å². The minimum Gasteiger partial charge on any atom is -0.337 e. The lowest BCUT2D eigenvalue weighted by Gasteiger charge is -2.12. The van der Waals surface area contributed by atoms with Crippen LogP contribution in [0.25, 0.3) is 0 Å². The van der Waals surface area contributed by atoms with E-state index in [4.69, 9.17) is 11.6 Å². The summed E-state index contributed by atoms with van der Waals surface area (Å²) in [6.07, 6.45) is 1.54. The van der Waals surface area contributed by atoms with Gasteiger partial charge < -0.3 is 5.32 Å². The summed E-state index contributed by atoms with van der Waals surface area (Å²) < 4.78 is 26.8. The predicted octanol–water partition coefficient (Wildman–Crippen LogP) is 4.41. The number of rotatable bonds is 4. The Morgan fingerprint density at radius 2 is 2.00 bits per heavy atom. The molecule has 1 N–H and O–H groups in total. The van der Waals surface area contributed by atoms with Gasteiger partial charge in [0.15, 0.2) is 11.6 Å². The molecule has 0 saturated heterocycles. The molecule has 0 bridgehead atoms. The largest absolute Gasteiger partial charge is 0.337 e. The molecule has 0 aliphatic rings. The van der Waals surface area contributed by atoms with Gasteiger partial charge in [-0.1, -0.05) is 24.6 Å². The molecule has 6 heteroatoms. The minimum absolute atomic E-state index is 0.0188. The molecule has 0 saturated carbocycles. The highest BCUT2D eigenvalue weighted by molar-refractivity contribution is 6.30. The van der Waals surface area contributed by atoms with Crippen LogP contribution in [0.2, 0.25) is 5.15 Å². The molecule has 20 heavy (non-hydrogen) atoms. The van der Waals surface area contributed by atoms with Crippen molar-refractivity contribution in [2.75, 3.05) is 5.32 Å². The quantitative estimate of drug-likeness (QED) is 0.849. The molecule has 1 aromatic carbocycles. The number of aryl methyl sites for hydroxylation is 1. The third-order valence-electron chi connectivity index (χ3n) is 2.81. The van der Waals surface area contributed by atoms with Crippen molar-refractivity contribution >= 4 is 23.1 Å². The Labute approximate surface area is 121 Å². The van der Waals surface area contributed by atoms with Crippen LogP contribution in [-0.2, 0) is 6.42 Å². The summed E-state index contributed by atoms with van der Waals surface area (Å²) in [7, 11) is 0. The van der Waals surface area contributed by atoms with Crippen molar-refractivity contribution < 1.29 is 8.78 Å². The number of aromatic nitrogens is 2. The fourth-order valence-corrected chi connectivity index (χ4v) is 1.90. The molecule has 0 fully saturated rings. The first-order valence-corrected chi connectivity index (χ1v) is 6.64. The van der Waals surface area contributed by atoms with Crippen molar-refractivity contribution in [2.45, 2.75) is 26.7 Å². The Kier molecular flexibility index (Phi) is 4.49. The van der Waals surface area contributed by atoms with E-state index >= 15 is 0 Å². The van der Waals surface area contributed by atoms with E-state index in [1.807, 2.05) is 6.92 Å². The standard InChI is InChI=1S/C14H14ClF2N3/c1-3-5-11-19-13(15)8(2)14(20-11)18-10-7-4-6-9(16)12(10)17/h4,6-7H,3,5H2,1-2H3,(H,18,19,20). The van der Waals surface area contributed by atoms with Crippen molar-refractivity contribution in [1.82, 2.24) is 9.97 Å². The summed E-state index contributed by atoms with van der Waals surface area (Å²) in [5, 5.41) is 3.08. The molecule has 0 atom stereocenters. The van der Waals surface area contributed by atoms with Crippen molar-refractivity contribution in [3.8, 4) is 0 Å². The number of anilines is 2. The first kappa shape index (κ1) is 14.7. The van der Waals surface area contributed by atoms with Crippen LogP contribution in [0.15, 0.2) is 18.2 Å². The zero-order chi connectivity index (χ0) is 14.7. The Hall–Kier alpha value is -1.75. The van der Waals surface area contributed by atoms with Crippen LogP contribution in [0.1, 0.15) is 24.7 Å². The zero-order valence-electron chi connectivity index (χ0n) is 11.2. The van der Waals surface area contributed by atoms with E-state index in [1.165, 1.54) is 12.1 Å². The molecule has 3 nitrogen and oxygen atoms in total. The molecule has 0 aliphatic heterocycles. The Morgan fingerprint density at radius 1 is 1.25 bits per heavy atom. The second-order valence-corrected chi connectivity index (χ2v) is 4.74. The van der Waals surface area contributed by atoms with Gasteiger partial charge in [-0.3, -0.25) is 0 Å². The lowest BCUT2D eigenvalue weighted by atomic mass is 10.2. The third-order valence-corrected chi connectivity index (χ3v) is 3.18. The summed E-state index contributed by atoms with van der Waals surface area (Å²) in [4.78, 5) is 8.44. The lowest BCUT2D eigenvalue weighted by Crippen LogP contribution is -2.05. The predicted molar refractivity (Wildman–Crippen MR) is 75.4 cm³/mol. The molecule has 2 rings (SSSR count). The van der Waals surface area contributed by atoms with Gasteiger partial charge in [0.1, 0.15) is 16.8 Å². The van der Waals surface area contributed by atoms with E-state index in [9.17, 15) is 8.78 Å². The van der Waals surface area contributed by atoms with Gasteiger partial charge in [0, 0.05) is 12.0 Å². The lowest BCUT2D eigenvalue weighted by molar-refractivity contribution is 0.511. The van der Waals surface area contributed by atoms with Gasteiger partial charge in [-0.15, -0.1) is 0 Å². The van der Waals surface area contributed by atoms with Crippen LogP contribution in [0.4, 0.5) is 20.3 Å². The molecule has 0 spiro atoms. The van der Waals surface area contributed by atoms with Gasteiger partial charge in [0.2, 0.25) is 0 Å². The van der Waals surface area contributed by atoms with Gasteiger partial charge in [0.05, 0.1) is 5.69 Å². The van der Waals surface area contributed by atoms with Gasteiger partial charge in [-0.2, -0.15) is 0 Å². The van der Waals surface area contributed by atoms with Crippen molar-refractivity contribution in [3.63, 3.8) is 0 Å². The minimum atomic E-state index is -0.946. The maximum Gasteiger partial charge on any atom is 0.182 e. The smallest absolute Gasteiger partial charge is 0.182 e. The molecule has 0 unspecified atom stereocenters. The zero-order valence-corrected chi connectivity index (χ0v) is 11.9. The van der Waals surface area contributed by atoms with E-state index < -0.39 is 11.6 Å². The monoisotopic (exact) mass is 297 g/mol. The normalized spacial score (nSPS) is 10.7. The number of halogens is 3. The van der Waals surface area contributed by atoms with Crippen LogP contribution in [0.3, 0.4) is 0 Å². The fourth-order valence-electron chi connectivity index (χ4n) is 1.72. The highest BCUT2D eigenvalue weighted by atomic mass is 35.5. The third kappa shape index (κ3) is 3.04. The number of benzene rings is 1. The summed E-state index contributed by atoms with van der Waals surface area (Å²) in [5.41, 5.74) is 0.612. The van der Waals surface area contributed by atoms with Gasteiger partial charge in [-0.05, 0) is 25.5 Å². The summed E-state index contributed by atoms with van der Waals surface area (Å²) >= 11 is 6.03. The van der Waals surface area contributed by atoms with E-state index in [0.717, 1.165) is 12.5 Å². The number of nitrogens with one attached hydrogen (secondary N) is 1. The molecule has 1 aromatic heterocycles. The summed E-state index contributed by atoms with van der Waals surface area (Å²) in [5.74, 6) is -0.902. The topological polar surface area (TPSA) is 37.8 Å². The maximum absolute atomic E-state index is 13.7. The van der Waals surface area contributed by atoms with Crippen LogP contribution in [0.5, 0.6) is 0 Å². The Balaban J connectivity index is 2.39. The molecule has 1 heterocycles. The number of hydrogen-bond acceptors (Lipinski definition) is 3. The SMILES string of the molecule is CCCc1nc(Cl)c(C)c(Nc2cccc(F)c2F)n1. The molecule has 0 aliphatic carbocycles. The van der Waals surface area contributed by atoms with Crippen molar-refractivity contribution in [1.29, 1.82) is 0 Å². The molecule has 0 amide bonds.